The van der Waals surface area contributed by atoms with Gasteiger partial charge in [-0.05, 0) is 36.5 Å². The van der Waals surface area contributed by atoms with Crippen molar-refractivity contribution in [3.8, 4) is 0 Å². The van der Waals surface area contributed by atoms with E-state index < -0.39 is 0 Å². The molecule has 0 aromatic heterocycles. The number of piperidine rings is 1. The van der Waals surface area contributed by atoms with Gasteiger partial charge in [-0.3, -0.25) is 4.79 Å². The summed E-state index contributed by atoms with van der Waals surface area (Å²) in [6, 6.07) is 5.04. The molecule has 0 saturated carbocycles. The van der Waals surface area contributed by atoms with E-state index in [0.29, 0.717) is 21.7 Å². The van der Waals surface area contributed by atoms with Crippen LogP contribution < -0.4 is 5.73 Å². The first-order chi connectivity index (χ1) is 8.39. The van der Waals surface area contributed by atoms with Crippen molar-refractivity contribution >= 4 is 23.2 Å². The Morgan fingerprint density at radius 2 is 1.94 bits per heavy atom. The first-order valence-corrected chi connectivity index (χ1v) is 6.61. The lowest BCUT2D eigenvalue weighted by Gasteiger charge is -2.37. The Hall–Kier alpha value is -1.22. The van der Waals surface area contributed by atoms with Crippen molar-refractivity contribution in [1.82, 2.24) is 4.90 Å². The van der Waals surface area contributed by atoms with E-state index in [0.717, 1.165) is 25.9 Å². The second kappa shape index (κ2) is 4.81. The number of nitrogen functional groups attached to an aromatic ring is 1. The number of anilines is 1. The third kappa shape index (κ3) is 2.78. The van der Waals surface area contributed by atoms with Gasteiger partial charge in [-0.1, -0.05) is 25.4 Å². The first-order valence-electron chi connectivity index (χ1n) is 6.23. The first kappa shape index (κ1) is 13.2. The average molecular weight is 267 g/mol. The summed E-state index contributed by atoms with van der Waals surface area (Å²) in [6.45, 7) is 6.08. The molecule has 1 heterocycles. The third-order valence-electron chi connectivity index (χ3n) is 3.65. The highest BCUT2D eigenvalue weighted by atomic mass is 35.5. The number of benzene rings is 1. The zero-order valence-corrected chi connectivity index (χ0v) is 11.6. The van der Waals surface area contributed by atoms with Gasteiger partial charge >= 0.3 is 0 Å². The maximum atomic E-state index is 12.3. The number of likely N-dealkylation sites (tertiary alicyclic amines) is 1. The highest BCUT2D eigenvalue weighted by molar-refractivity contribution is 6.31. The van der Waals surface area contributed by atoms with Gasteiger partial charge in [0.05, 0.1) is 5.56 Å². The summed E-state index contributed by atoms with van der Waals surface area (Å²) in [5.74, 6) is 0.0136. The topological polar surface area (TPSA) is 46.3 Å². The van der Waals surface area contributed by atoms with Gasteiger partial charge in [0.1, 0.15) is 0 Å². The Morgan fingerprint density at radius 1 is 1.33 bits per heavy atom. The minimum absolute atomic E-state index is 0.0136. The van der Waals surface area contributed by atoms with Crippen LogP contribution in [0.4, 0.5) is 5.69 Å². The quantitative estimate of drug-likeness (QED) is 0.794. The molecule has 98 valence electrons. The van der Waals surface area contributed by atoms with Crippen molar-refractivity contribution in [2.75, 3.05) is 18.8 Å². The van der Waals surface area contributed by atoms with Crippen LogP contribution >= 0.6 is 11.6 Å². The van der Waals surface area contributed by atoms with Crippen molar-refractivity contribution in [3.05, 3.63) is 28.8 Å². The minimum Gasteiger partial charge on any atom is -0.398 e. The number of halogens is 1. The smallest absolute Gasteiger partial charge is 0.255 e. The van der Waals surface area contributed by atoms with E-state index in [1.807, 2.05) is 4.90 Å². The molecule has 0 aliphatic carbocycles. The van der Waals surface area contributed by atoms with Gasteiger partial charge in [0.15, 0.2) is 0 Å². The number of amides is 1. The lowest BCUT2D eigenvalue weighted by Crippen LogP contribution is -2.41. The largest absolute Gasteiger partial charge is 0.398 e. The molecule has 1 aromatic rings. The highest BCUT2D eigenvalue weighted by Crippen LogP contribution is 2.31. The highest BCUT2D eigenvalue weighted by Gasteiger charge is 2.28. The Labute approximate surface area is 113 Å². The van der Waals surface area contributed by atoms with Gasteiger partial charge < -0.3 is 10.6 Å². The maximum absolute atomic E-state index is 12.3. The molecule has 0 spiro atoms. The zero-order chi connectivity index (χ0) is 13.3. The van der Waals surface area contributed by atoms with Crippen LogP contribution in [-0.2, 0) is 0 Å². The fourth-order valence-corrected chi connectivity index (χ4v) is 2.39. The molecule has 2 rings (SSSR count). The number of hydrogen-bond donors (Lipinski definition) is 1. The Bertz CT molecular complexity index is 461. The van der Waals surface area contributed by atoms with E-state index in [1.54, 1.807) is 18.2 Å². The number of carbonyl (C=O) groups is 1. The van der Waals surface area contributed by atoms with Crippen LogP contribution in [0, 0.1) is 5.41 Å². The normalized spacial score (nSPS) is 18.7. The molecule has 18 heavy (non-hydrogen) atoms. The number of rotatable bonds is 1. The number of nitrogens with two attached hydrogens (primary N) is 1. The molecule has 1 aliphatic rings. The molecule has 0 atom stereocenters. The minimum atomic E-state index is 0.0136. The molecule has 1 aromatic carbocycles. The van der Waals surface area contributed by atoms with Crippen LogP contribution in [0.2, 0.25) is 5.02 Å². The Kier molecular flexibility index (Phi) is 3.53. The fourth-order valence-electron chi connectivity index (χ4n) is 2.21. The van der Waals surface area contributed by atoms with Crippen LogP contribution in [0.5, 0.6) is 0 Å². The molecule has 0 bridgehead atoms. The summed E-state index contributed by atoms with van der Waals surface area (Å²) in [5.41, 5.74) is 7.20. The summed E-state index contributed by atoms with van der Waals surface area (Å²) >= 11 is 5.84. The van der Waals surface area contributed by atoms with E-state index >= 15 is 0 Å². The summed E-state index contributed by atoms with van der Waals surface area (Å²) in [6.07, 6.45) is 2.07. The molecular weight excluding hydrogens is 248 g/mol. The molecule has 4 heteroatoms. The van der Waals surface area contributed by atoms with Gasteiger partial charge in [-0.15, -0.1) is 0 Å². The Morgan fingerprint density at radius 3 is 2.50 bits per heavy atom. The van der Waals surface area contributed by atoms with Crippen molar-refractivity contribution in [2.45, 2.75) is 26.7 Å². The van der Waals surface area contributed by atoms with Gasteiger partial charge in [-0.25, -0.2) is 0 Å². The molecule has 3 nitrogen and oxygen atoms in total. The molecule has 0 unspecified atom stereocenters. The predicted octanol–water partition coefficient (Wildman–Crippen LogP) is 3.18. The molecule has 1 fully saturated rings. The fraction of sp³-hybridized carbons (Fsp3) is 0.500. The van der Waals surface area contributed by atoms with E-state index in [1.165, 1.54) is 0 Å². The van der Waals surface area contributed by atoms with Crippen molar-refractivity contribution in [1.29, 1.82) is 0 Å². The van der Waals surface area contributed by atoms with Gasteiger partial charge in [-0.2, -0.15) is 0 Å². The molecule has 1 saturated heterocycles. The van der Waals surface area contributed by atoms with E-state index in [-0.39, 0.29) is 5.91 Å². The maximum Gasteiger partial charge on any atom is 0.255 e. The van der Waals surface area contributed by atoms with Crippen molar-refractivity contribution < 1.29 is 4.79 Å². The second-order valence-electron chi connectivity index (χ2n) is 5.69. The van der Waals surface area contributed by atoms with Gasteiger partial charge in [0, 0.05) is 23.8 Å². The molecule has 2 N–H and O–H groups in total. The number of hydrogen-bond acceptors (Lipinski definition) is 2. The lowest BCUT2D eigenvalue weighted by atomic mass is 9.82. The van der Waals surface area contributed by atoms with E-state index in [9.17, 15) is 4.79 Å². The zero-order valence-electron chi connectivity index (χ0n) is 10.9. The SMILES string of the molecule is CC1(C)CCN(C(=O)c2ccc(Cl)cc2N)CC1. The molecule has 1 amide bonds. The average Bonchev–Trinajstić information content (AvgIpc) is 2.28. The lowest BCUT2D eigenvalue weighted by molar-refractivity contribution is 0.0631. The summed E-state index contributed by atoms with van der Waals surface area (Å²) < 4.78 is 0. The second-order valence-corrected chi connectivity index (χ2v) is 6.12. The van der Waals surface area contributed by atoms with E-state index in [2.05, 4.69) is 13.8 Å². The molecule has 0 radical (unpaired) electrons. The number of nitrogens with zero attached hydrogens (tertiary/aromatic N) is 1. The van der Waals surface area contributed by atoms with Crippen LogP contribution in [0.15, 0.2) is 18.2 Å². The van der Waals surface area contributed by atoms with Crippen molar-refractivity contribution in [3.63, 3.8) is 0 Å². The predicted molar refractivity (Wildman–Crippen MR) is 74.8 cm³/mol. The van der Waals surface area contributed by atoms with Gasteiger partial charge in [0.25, 0.3) is 5.91 Å². The summed E-state index contributed by atoms with van der Waals surface area (Å²) in [4.78, 5) is 14.2. The van der Waals surface area contributed by atoms with Crippen LogP contribution in [0.3, 0.4) is 0 Å². The number of carbonyl (C=O) groups excluding carboxylic acids is 1. The van der Waals surface area contributed by atoms with Crippen LogP contribution in [0.1, 0.15) is 37.0 Å². The van der Waals surface area contributed by atoms with Gasteiger partial charge in [0.2, 0.25) is 0 Å². The monoisotopic (exact) mass is 266 g/mol. The van der Waals surface area contributed by atoms with Crippen LogP contribution in [0.25, 0.3) is 0 Å². The Balaban J connectivity index is 2.13. The van der Waals surface area contributed by atoms with Crippen molar-refractivity contribution in [2.24, 2.45) is 5.41 Å². The molecule has 1 aliphatic heterocycles. The molecular formula is C14H19ClN2O. The summed E-state index contributed by atoms with van der Waals surface area (Å²) in [5, 5.41) is 0.559. The standard InChI is InChI=1S/C14H19ClN2O/c1-14(2)5-7-17(8-6-14)13(18)11-4-3-10(15)9-12(11)16/h3-4,9H,5-8,16H2,1-2H3. The summed E-state index contributed by atoms with van der Waals surface area (Å²) in [7, 11) is 0. The van der Waals surface area contributed by atoms with Crippen LogP contribution in [-0.4, -0.2) is 23.9 Å². The van der Waals surface area contributed by atoms with E-state index in [4.69, 9.17) is 17.3 Å². The third-order valence-corrected chi connectivity index (χ3v) is 3.88.